The standard InChI is InChI=1S/C12H12BrFN4/c13-11-4-3-9(5-12(11)14)18-10(7-16-17-18)6-15-8-1-2-8/h3-5,7-8,15H,1-2,6H2. The summed E-state index contributed by atoms with van der Waals surface area (Å²) in [7, 11) is 0. The zero-order chi connectivity index (χ0) is 12.5. The van der Waals surface area contributed by atoms with Crippen LogP contribution in [-0.2, 0) is 6.54 Å². The van der Waals surface area contributed by atoms with E-state index in [1.54, 1.807) is 16.9 Å². The van der Waals surface area contributed by atoms with E-state index in [1.165, 1.54) is 18.9 Å². The van der Waals surface area contributed by atoms with Crippen molar-refractivity contribution in [3.05, 3.63) is 40.4 Å². The fourth-order valence-corrected chi connectivity index (χ4v) is 1.99. The summed E-state index contributed by atoms with van der Waals surface area (Å²) in [5, 5.41) is 11.3. The van der Waals surface area contributed by atoms with E-state index in [9.17, 15) is 4.39 Å². The van der Waals surface area contributed by atoms with Crippen molar-refractivity contribution in [2.75, 3.05) is 0 Å². The number of hydrogen-bond donors (Lipinski definition) is 1. The minimum absolute atomic E-state index is 0.302. The molecule has 1 N–H and O–H groups in total. The minimum Gasteiger partial charge on any atom is -0.308 e. The first-order chi connectivity index (χ1) is 8.74. The summed E-state index contributed by atoms with van der Waals surface area (Å²) in [6, 6.07) is 5.54. The van der Waals surface area contributed by atoms with Crippen molar-refractivity contribution in [2.24, 2.45) is 0 Å². The fourth-order valence-electron chi connectivity index (χ4n) is 1.75. The molecule has 4 nitrogen and oxygen atoms in total. The molecule has 0 bridgehead atoms. The van der Waals surface area contributed by atoms with Crippen LogP contribution in [0, 0.1) is 5.82 Å². The Balaban J connectivity index is 1.85. The molecule has 1 aromatic carbocycles. The summed E-state index contributed by atoms with van der Waals surface area (Å²) in [5.74, 6) is -0.302. The maximum atomic E-state index is 13.5. The van der Waals surface area contributed by atoms with E-state index >= 15 is 0 Å². The van der Waals surface area contributed by atoms with Gasteiger partial charge in [0.15, 0.2) is 0 Å². The van der Waals surface area contributed by atoms with Crippen LogP contribution in [0.5, 0.6) is 0 Å². The third-order valence-corrected chi connectivity index (χ3v) is 3.56. The second-order valence-corrected chi connectivity index (χ2v) is 5.25. The predicted molar refractivity (Wildman–Crippen MR) is 68.9 cm³/mol. The van der Waals surface area contributed by atoms with Crippen LogP contribution in [0.4, 0.5) is 4.39 Å². The molecular weight excluding hydrogens is 299 g/mol. The number of aromatic nitrogens is 3. The Morgan fingerprint density at radius 3 is 3.00 bits per heavy atom. The minimum atomic E-state index is -0.302. The fraction of sp³-hybridized carbons (Fsp3) is 0.333. The van der Waals surface area contributed by atoms with E-state index < -0.39 is 0 Å². The lowest BCUT2D eigenvalue weighted by atomic mass is 10.3. The van der Waals surface area contributed by atoms with E-state index in [-0.39, 0.29) is 5.82 Å². The number of hydrogen-bond acceptors (Lipinski definition) is 3. The molecule has 1 aliphatic carbocycles. The predicted octanol–water partition coefficient (Wildman–Crippen LogP) is 2.42. The molecule has 0 spiro atoms. The molecule has 2 aromatic rings. The van der Waals surface area contributed by atoms with Crippen LogP contribution in [0.3, 0.4) is 0 Å². The molecule has 0 unspecified atom stereocenters. The topological polar surface area (TPSA) is 42.7 Å². The van der Waals surface area contributed by atoms with Crippen molar-refractivity contribution in [1.29, 1.82) is 0 Å². The summed E-state index contributed by atoms with van der Waals surface area (Å²) >= 11 is 3.14. The van der Waals surface area contributed by atoms with Gasteiger partial charge in [0.1, 0.15) is 5.82 Å². The molecule has 0 saturated heterocycles. The Bertz CT molecular complexity index is 565. The molecular formula is C12H12BrFN4. The average Bonchev–Trinajstić information content (AvgIpc) is 3.08. The number of benzene rings is 1. The van der Waals surface area contributed by atoms with Gasteiger partial charge in [0.05, 0.1) is 22.1 Å². The monoisotopic (exact) mass is 310 g/mol. The highest BCUT2D eigenvalue weighted by atomic mass is 79.9. The van der Waals surface area contributed by atoms with Gasteiger partial charge in [0.2, 0.25) is 0 Å². The van der Waals surface area contributed by atoms with Crippen LogP contribution in [0.15, 0.2) is 28.9 Å². The molecule has 0 radical (unpaired) electrons. The zero-order valence-corrected chi connectivity index (χ0v) is 11.2. The first-order valence-corrected chi connectivity index (χ1v) is 6.62. The second kappa shape index (κ2) is 4.78. The Kier molecular flexibility index (Phi) is 3.13. The quantitative estimate of drug-likeness (QED) is 0.943. The highest BCUT2D eigenvalue weighted by Gasteiger charge is 2.21. The van der Waals surface area contributed by atoms with Crippen molar-refractivity contribution >= 4 is 15.9 Å². The molecule has 18 heavy (non-hydrogen) atoms. The molecule has 1 aromatic heterocycles. The second-order valence-electron chi connectivity index (χ2n) is 4.39. The number of nitrogens with one attached hydrogen (secondary N) is 1. The number of rotatable bonds is 4. The SMILES string of the molecule is Fc1cc(-n2nncc2CNC2CC2)ccc1Br. The Hall–Kier alpha value is -1.27. The van der Waals surface area contributed by atoms with Crippen LogP contribution < -0.4 is 5.32 Å². The average molecular weight is 311 g/mol. The van der Waals surface area contributed by atoms with Gasteiger partial charge in [-0.25, -0.2) is 9.07 Å². The first-order valence-electron chi connectivity index (χ1n) is 5.82. The van der Waals surface area contributed by atoms with Crippen LogP contribution in [0.1, 0.15) is 18.5 Å². The van der Waals surface area contributed by atoms with Gasteiger partial charge in [-0.2, -0.15) is 0 Å². The van der Waals surface area contributed by atoms with E-state index in [0.717, 1.165) is 5.69 Å². The molecule has 1 aliphatic rings. The molecule has 0 amide bonds. The highest BCUT2D eigenvalue weighted by Crippen LogP contribution is 2.21. The summed E-state index contributed by atoms with van der Waals surface area (Å²) in [6.07, 6.45) is 4.16. The van der Waals surface area contributed by atoms with E-state index in [1.807, 2.05) is 6.07 Å². The molecule has 94 valence electrons. The molecule has 1 saturated carbocycles. The van der Waals surface area contributed by atoms with E-state index in [2.05, 4.69) is 31.6 Å². The maximum absolute atomic E-state index is 13.5. The Morgan fingerprint density at radius 1 is 1.44 bits per heavy atom. The lowest BCUT2D eigenvalue weighted by Gasteiger charge is -2.07. The van der Waals surface area contributed by atoms with Gasteiger partial charge in [-0.3, -0.25) is 0 Å². The van der Waals surface area contributed by atoms with E-state index in [4.69, 9.17) is 0 Å². The number of halogens is 2. The van der Waals surface area contributed by atoms with Gasteiger partial charge < -0.3 is 5.32 Å². The van der Waals surface area contributed by atoms with Gasteiger partial charge in [0, 0.05) is 18.7 Å². The largest absolute Gasteiger partial charge is 0.308 e. The number of nitrogens with zero attached hydrogens (tertiary/aromatic N) is 3. The zero-order valence-electron chi connectivity index (χ0n) is 9.61. The molecule has 1 fully saturated rings. The van der Waals surface area contributed by atoms with Crippen molar-refractivity contribution in [2.45, 2.75) is 25.4 Å². The van der Waals surface area contributed by atoms with Crippen molar-refractivity contribution in [3.63, 3.8) is 0 Å². The highest BCUT2D eigenvalue weighted by molar-refractivity contribution is 9.10. The summed E-state index contributed by atoms with van der Waals surface area (Å²) in [5.41, 5.74) is 1.62. The van der Waals surface area contributed by atoms with Gasteiger partial charge in [-0.1, -0.05) is 5.21 Å². The molecule has 3 rings (SSSR count). The van der Waals surface area contributed by atoms with Crippen LogP contribution >= 0.6 is 15.9 Å². The van der Waals surface area contributed by atoms with Gasteiger partial charge >= 0.3 is 0 Å². The van der Waals surface area contributed by atoms with Crippen LogP contribution in [-0.4, -0.2) is 21.0 Å². The lowest BCUT2D eigenvalue weighted by Crippen LogP contribution is -2.18. The smallest absolute Gasteiger partial charge is 0.139 e. The summed E-state index contributed by atoms with van der Waals surface area (Å²) in [4.78, 5) is 0. The van der Waals surface area contributed by atoms with Gasteiger partial charge in [0.25, 0.3) is 0 Å². The summed E-state index contributed by atoms with van der Waals surface area (Å²) < 4.78 is 15.6. The normalized spacial score (nSPS) is 15.0. The van der Waals surface area contributed by atoms with Crippen molar-refractivity contribution in [1.82, 2.24) is 20.3 Å². The molecule has 6 heteroatoms. The Labute approximate surface area is 112 Å². The third-order valence-electron chi connectivity index (χ3n) is 2.92. The molecule has 1 heterocycles. The van der Waals surface area contributed by atoms with E-state index in [0.29, 0.717) is 22.7 Å². The van der Waals surface area contributed by atoms with Crippen molar-refractivity contribution < 1.29 is 4.39 Å². The first kappa shape index (κ1) is 11.8. The Morgan fingerprint density at radius 2 is 2.28 bits per heavy atom. The van der Waals surface area contributed by atoms with Gasteiger partial charge in [-0.15, -0.1) is 5.10 Å². The maximum Gasteiger partial charge on any atom is 0.139 e. The summed E-state index contributed by atoms with van der Waals surface area (Å²) in [6.45, 7) is 0.704. The van der Waals surface area contributed by atoms with Crippen LogP contribution in [0.25, 0.3) is 5.69 Å². The third kappa shape index (κ3) is 2.44. The lowest BCUT2D eigenvalue weighted by molar-refractivity contribution is 0.613. The molecule has 0 aliphatic heterocycles. The molecule has 0 atom stereocenters. The van der Waals surface area contributed by atoms with Gasteiger partial charge in [-0.05, 0) is 40.9 Å². The van der Waals surface area contributed by atoms with Crippen molar-refractivity contribution in [3.8, 4) is 5.69 Å². The van der Waals surface area contributed by atoms with Crippen LogP contribution in [0.2, 0.25) is 0 Å².